The molecule has 8 nitrogen and oxygen atoms in total. The van der Waals surface area contributed by atoms with Crippen molar-refractivity contribution in [2.75, 3.05) is 19.0 Å². The molecule has 0 aliphatic carbocycles. The molecule has 90 valence electrons. The highest BCUT2D eigenvalue weighted by atomic mass is 16.6. The zero-order valence-corrected chi connectivity index (χ0v) is 8.87. The molecule has 1 heterocycles. The third kappa shape index (κ3) is 3.23. The summed E-state index contributed by atoms with van der Waals surface area (Å²) in [6.07, 6.45) is 1.61. The summed E-state index contributed by atoms with van der Waals surface area (Å²) in [5, 5.41) is 13.2. The summed E-state index contributed by atoms with van der Waals surface area (Å²) in [5.74, 6) is -0.674. The molecule has 0 radical (unpaired) electrons. The second-order valence-electron chi connectivity index (χ2n) is 2.94. The lowest BCUT2D eigenvalue weighted by Gasteiger charge is -2.04. The van der Waals surface area contributed by atoms with E-state index in [0.29, 0.717) is 6.29 Å². The van der Waals surface area contributed by atoms with Crippen LogP contribution in [0.5, 0.6) is 0 Å². The van der Waals surface area contributed by atoms with Crippen molar-refractivity contribution in [1.29, 1.82) is 0 Å². The number of anilines is 1. The molecule has 0 saturated heterocycles. The first-order chi connectivity index (χ1) is 8.08. The molecule has 0 spiro atoms. The highest BCUT2D eigenvalue weighted by molar-refractivity contribution is 5.79. The third-order valence-electron chi connectivity index (χ3n) is 1.85. The molecule has 1 aromatic rings. The summed E-state index contributed by atoms with van der Waals surface area (Å²) in [6, 6.07) is 1.07. The van der Waals surface area contributed by atoms with Gasteiger partial charge in [-0.05, 0) is 0 Å². The minimum absolute atomic E-state index is 0.0836. The third-order valence-corrected chi connectivity index (χ3v) is 1.85. The van der Waals surface area contributed by atoms with Gasteiger partial charge in [0.2, 0.25) is 5.82 Å². The number of aldehydes is 1. The minimum Gasteiger partial charge on any atom is -0.468 e. The molecule has 0 atom stereocenters. The minimum atomic E-state index is -0.695. The Morgan fingerprint density at radius 2 is 2.41 bits per heavy atom. The molecule has 1 N–H and O–H groups in total. The molecule has 0 fully saturated rings. The molecule has 1 aromatic heterocycles. The van der Waals surface area contributed by atoms with Crippen molar-refractivity contribution in [2.45, 2.75) is 0 Å². The first-order valence-electron chi connectivity index (χ1n) is 4.48. The molecular weight excluding hydrogens is 230 g/mol. The van der Waals surface area contributed by atoms with E-state index in [9.17, 15) is 19.7 Å². The number of ether oxygens (including phenoxy) is 1. The summed E-state index contributed by atoms with van der Waals surface area (Å²) in [7, 11) is 1.20. The van der Waals surface area contributed by atoms with Crippen LogP contribution in [0, 0.1) is 10.1 Å². The molecule has 0 saturated carbocycles. The average molecular weight is 239 g/mol. The zero-order chi connectivity index (χ0) is 12.8. The summed E-state index contributed by atoms with van der Waals surface area (Å²) >= 11 is 0. The molecule has 0 aliphatic heterocycles. The van der Waals surface area contributed by atoms with E-state index in [2.05, 4.69) is 15.0 Å². The first-order valence-corrected chi connectivity index (χ1v) is 4.48. The van der Waals surface area contributed by atoms with Gasteiger partial charge in [-0.1, -0.05) is 0 Å². The quantitative estimate of drug-likeness (QED) is 0.342. The number of methoxy groups -OCH3 is 1. The average Bonchev–Trinajstić information content (AvgIpc) is 2.35. The number of carbonyl (C=O) groups excluding carboxylic acids is 2. The molecule has 1 rings (SSSR count). The summed E-state index contributed by atoms with van der Waals surface area (Å²) < 4.78 is 4.36. The van der Waals surface area contributed by atoms with Gasteiger partial charge in [0.25, 0.3) is 0 Å². The molecule has 0 aliphatic rings. The van der Waals surface area contributed by atoms with Gasteiger partial charge in [-0.3, -0.25) is 19.7 Å². The SMILES string of the molecule is COC(=O)CNc1ncc(C=O)cc1[N+](=O)[O-]. The summed E-state index contributed by atoms with van der Waals surface area (Å²) in [4.78, 5) is 35.0. The number of esters is 1. The maximum atomic E-state index is 10.9. The maximum absolute atomic E-state index is 10.9. The Morgan fingerprint density at radius 1 is 1.71 bits per heavy atom. The van der Waals surface area contributed by atoms with E-state index >= 15 is 0 Å². The van der Waals surface area contributed by atoms with Gasteiger partial charge >= 0.3 is 11.7 Å². The zero-order valence-electron chi connectivity index (χ0n) is 8.87. The second kappa shape index (κ2) is 5.54. The monoisotopic (exact) mass is 239 g/mol. The van der Waals surface area contributed by atoms with Crippen LogP contribution in [0.2, 0.25) is 0 Å². The molecule has 17 heavy (non-hydrogen) atoms. The number of nitro groups is 1. The fraction of sp³-hybridized carbons (Fsp3) is 0.222. The van der Waals surface area contributed by atoms with Gasteiger partial charge in [0.05, 0.1) is 12.0 Å². The van der Waals surface area contributed by atoms with E-state index in [1.807, 2.05) is 0 Å². The Balaban J connectivity index is 2.94. The number of hydrogen-bond donors (Lipinski definition) is 1. The van der Waals surface area contributed by atoms with Crippen molar-refractivity contribution in [3.05, 3.63) is 27.9 Å². The van der Waals surface area contributed by atoms with Crippen LogP contribution in [-0.2, 0) is 9.53 Å². The van der Waals surface area contributed by atoms with Crippen molar-refractivity contribution in [1.82, 2.24) is 4.98 Å². The molecule has 8 heteroatoms. The van der Waals surface area contributed by atoms with Crippen LogP contribution in [0.25, 0.3) is 0 Å². The van der Waals surface area contributed by atoms with E-state index in [-0.39, 0.29) is 23.6 Å². The lowest BCUT2D eigenvalue weighted by atomic mass is 10.3. The topological polar surface area (TPSA) is 111 Å². The van der Waals surface area contributed by atoms with Gasteiger partial charge < -0.3 is 10.1 Å². The number of carbonyl (C=O) groups is 2. The van der Waals surface area contributed by atoms with Gasteiger partial charge in [0, 0.05) is 17.8 Å². The van der Waals surface area contributed by atoms with Crippen LogP contribution in [-0.4, -0.2) is 35.8 Å². The second-order valence-corrected chi connectivity index (χ2v) is 2.94. The lowest BCUT2D eigenvalue weighted by molar-refractivity contribution is -0.384. The fourth-order valence-corrected chi connectivity index (χ4v) is 1.04. The number of rotatable bonds is 5. The lowest BCUT2D eigenvalue weighted by Crippen LogP contribution is -2.16. The van der Waals surface area contributed by atoms with Crippen LogP contribution >= 0.6 is 0 Å². The maximum Gasteiger partial charge on any atom is 0.325 e. The predicted molar refractivity (Wildman–Crippen MR) is 56.8 cm³/mol. The van der Waals surface area contributed by atoms with Crippen LogP contribution < -0.4 is 5.32 Å². The van der Waals surface area contributed by atoms with E-state index < -0.39 is 10.9 Å². The number of nitrogens with zero attached hydrogens (tertiary/aromatic N) is 2. The largest absolute Gasteiger partial charge is 0.468 e. The molecule has 0 unspecified atom stereocenters. The van der Waals surface area contributed by atoms with Gasteiger partial charge in [-0.2, -0.15) is 0 Å². The summed E-state index contributed by atoms with van der Waals surface area (Å²) in [6.45, 7) is -0.245. The van der Waals surface area contributed by atoms with Gasteiger partial charge in [0.1, 0.15) is 6.54 Å². The van der Waals surface area contributed by atoms with Crippen molar-refractivity contribution >= 4 is 23.8 Å². The smallest absolute Gasteiger partial charge is 0.325 e. The van der Waals surface area contributed by atoms with Crippen molar-refractivity contribution in [3.63, 3.8) is 0 Å². The Hall–Kier alpha value is -2.51. The molecule has 0 amide bonds. The number of hydrogen-bond acceptors (Lipinski definition) is 7. The fourth-order valence-electron chi connectivity index (χ4n) is 1.04. The van der Waals surface area contributed by atoms with Gasteiger partial charge in [0.15, 0.2) is 6.29 Å². The Labute approximate surface area is 95.8 Å². The van der Waals surface area contributed by atoms with Gasteiger partial charge in [-0.25, -0.2) is 4.98 Å². The van der Waals surface area contributed by atoms with Crippen LogP contribution in [0.1, 0.15) is 10.4 Å². The van der Waals surface area contributed by atoms with Crippen molar-refractivity contribution in [3.8, 4) is 0 Å². The van der Waals surface area contributed by atoms with Gasteiger partial charge in [-0.15, -0.1) is 0 Å². The summed E-state index contributed by atoms with van der Waals surface area (Å²) in [5.41, 5.74) is -0.293. The standard InChI is InChI=1S/C9H9N3O5/c1-17-8(14)4-11-9-7(12(15)16)2-6(5-13)3-10-9/h2-3,5H,4H2,1H3,(H,10,11). The number of pyridine rings is 1. The van der Waals surface area contributed by atoms with E-state index in [1.54, 1.807) is 0 Å². The first kappa shape index (κ1) is 12.6. The number of nitrogens with one attached hydrogen (secondary N) is 1. The van der Waals surface area contributed by atoms with Crippen LogP contribution in [0.4, 0.5) is 11.5 Å². The predicted octanol–water partition coefficient (Wildman–Crippen LogP) is 0.387. The highest BCUT2D eigenvalue weighted by Gasteiger charge is 2.16. The van der Waals surface area contributed by atoms with Crippen molar-refractivity contribution < 1.29 is 19.2 Å². The highest BCUT2D eigenvalue weighted by Crippen LogP contribution is 2.21. The Morgan fingerprint density at radius 3 is 2.94 bits per heavy atom. The van der Waals surface area contributed by atoms with E-state index in [1.165, 1.54) is 13.3 Å². The molecule has 0 bridgehead atoms. The Kier molecular flexibility index (Phi) is 4.09. The van der Waals surface area contributed by atoms with Crippen molar-refractivity contribution in [2.24, 2.45) is 0 Å². The van der Waals surface area contributed by atoms with Crippen LogP contribution in [0.3, 0.4) is 0 Å². The normalized spacial score (nSPS) is 9.47. The molecular formula is C9H9N3O5. The van der Waals surface area contributed by atoms with Crippen LogP contribution in [0.15, 0.2) is 12.3 Å². The van der Waals surface area contributed by atoms with E-state index in [0.717, 1.165) is 6.07 Å². The molecule has 0 aromatic carbocycles. The van der Waals surface area contributed by atoms with E-state index in [4.69, 9.17) is 0 Å². The number of aromatic nitrogens is 1. The Bertz CT molecular complexity index is 460.